The van der Waals surface area contributed by atoms with Crippen LogP contribution in [0, 0.1) is 0 Å². The van der Waals surface area contributed by atoms with E-state index in [4.69, 9.17) is 11.6 Å². The summed E-state index contributed by atoms with van der Waals surface area (Å²) in [6, 6.07) is 10.9. The van der Waals surface area contributed by atoms with Crippen molar-refractivity contribution in [2.24, 2.45) is 0 Å². The van der Waals surface area contributed by atoms with E-state index in [1.165, 1.54) is 4.52 Å². The van der Waals surface area contributed by atoms with Crippen LogP contribution in [0.2, 0.25) is 5.02 Å². The Bertz CT molecular complexity index is 1340. The molecule has 0 fully saturated rings. The lowest BCUT2D eigenvalue weighted by molar-refractivity contribution is 0.0724. The van der Waals surface area contributed by atoms with Crippen LogP contribution < -0.4 is 5.56 Å². The van der Waals surface area contributed by atoms with Crippen LogP contribution in [-0.2, 0) is 19.5 Å². The first-order valence-electron chi connectivity index (χ1n) is 9.76. The molecule has 0 bridgehead atoms. The van der Waals surface area contributed by atoms with Crippen molar-refractivity contribution in [1.29, 1.82) is 0 Å². The summed E-state index contributed by atoms with van der Waals surface area (Å²) in [6.07, 6.45) is 2.24. The lowest BCUT2D eigenvalue weighted by Gasteiger charge is -2.27. The van der Waals surface area contributed by atoms with Gasteiger partial charge in [0.25, 0.3) is 11.5 Å². The van der Waals surface area contributed by atoms with E-state index in [0.29, 0.717) is 52.8 Å². The second-order valence-corrected chi connectivity index (χ2v) is 7.63. The van der Waals surface area contributed by atoms with Gasteiger partial charge < -0.3 is 4.90 Å². The van der Waals surface area contributed by atoms with Gasteiger partial charge >= 0.3 is 0 Å². The van der Waals surface area contributed by atoms with Gasteiger partial charge in [0.05, 0.1) is 17.9 Å². The number of nitrogens with one attached hydrogen (secondary N) is 1. The van der Waals surface area contributed by atoms with Crippen molar-refractivity contribution >= 4 is 23.2 Å². The minimum Gasteiger partial charge on any atom is -0.331 e. The highest BCUT2D eigenvalue weighted by molar-refractivity contribution is 6.33. The Morgan fingerprint density at radius 3 is 2.87 bits per heavy atom. The summed E-state index contributed by atoms with van der Waals surface area (Å²) in [5, 5.41) is 7.99. The third-order valence-electron chi connectivity index (χ3n) is 5.40. The fraction of sp³-hybridized carbons (Fsp3) is 0.238. The third kappa shape index (κ3) is 3.00. The Morgan fingerprint density at radius 1 is 1.27 bits per heavy atom. The number of fused-ring (bicyclic) bond motifs is 2. The van der Waals surface area contributed by atoms with Gasteiger partial charge in [-0.25, -0.2) is 9.50 Å². The van der Waals surface area contributed by atoms with E-state index < -0.39 is 0 Å². The van der Waals surface area contributed by atoms with E-state index in [2.05, 4.69) is 15.2 Å². The summed E-state index contributed by atoms with van der Waals surface area (Å²) in [5.74, 6) is -0.152. The van der Waals surface area contributed by atoms with Gasteiger partial charge in [0.1, 0.15) is 5.69 Å². The van der Waals surface area contributed by atoms with Gasteiger partial charge in [0.2, 0.25) is 0 Å². The van der Waals surface area contributed by atoms with Crippen molar-refractivity contribution in [3.8, 4) is 11.3 Å². The maximum Gasteiger partial charge on any atom is 0.276 e. The largest absolute Gasteiger partial charge is 0.331 e. The molecule has 152 valence electrons. The highest BCUT2D eigenvalue weighted by atomic mass is 35.5. The zero-order valence-electron chi connectivity index (χ0n) is 16.3. The van der Waals surface area contributed by atoms with Crippen molar-refractivity contribution in [3.05, 3.63) is 74.9 Å². The first-order chi connectivity index (χ1) is 14.5. The lowest BCUT2D eigenvalue weighted by Crippen LogP contribution is -2.40. The van der Waals surface area contributed by atoms with Gasteiger partial charge in [-0.05, 0) is 25.5 Å². The number of hydrogen-bond donors (Lipinski definition) is 1. The van der Waals surface area contributed by atoms with E-state index in [9.17, 15) is 9.59 Å². The number of nitrogens with zero attached hydrogens (tertiary/aromatic N) is 5. The standard InChI is InChI=1S/C21H19ClN6O2/c1-2-27-10-8-16(24-27)21(30)26-9-7-14-18(12-26)23-19-11-17(25-28(19)20(14)29)13-5-3-4-6-15(13)22/h3-6,8,10-11,25H,2,7,9,12H2,1H3. The van der Waals surface area contributed by atoms with Crippen LogP contribution in [0.5, 0.6) is 0 Å². The molecule has 4 heterocycles. The molecule has 1 amide bonds. The zero-order chi connectivity index (χ0) is 20.8. The molecule has 0 radical (unpaired) electrons. The SMILES string of the molecule is CCn1ccc(C(=O)N2CCc3c(nc4cc(-c5ccccc5Cl)[nH]n4c3=O)C2)n1. The van der Waals surface area contributed by atoms with Crippen LogP contribution >= 0.6 is 11.6 Å². The summed E-state index contributed by atoms with van der Waals surface area (Å²) in [4.78, 5) is 32.2. The van der Waals surface area contributed by atoms with Crippen molar-refractivity contribution < 1.29 is 4.79 Å². The predicted octanol–water partition coefficient (Wildman–Crippen LogP) is 2.76. The molecule has 4 aromatic rings. The molecule has 1 N–H and O–H groups in total. The molecule has 0 aliphatic carbocycles. The monoisotopic (exact) mass is 422 g/mol. The van der Waals surface area contributed by atoms with Crippen molar-refractivity contribution in [2.45, 2.75) is 26.4 Å². The smallest absolute Gasteiger partial charge is 0.276 e. The molecule has 0 unspecified atom stereocenters. The molecule has 0 spiro atoms. The molecule has 3 aromatic heterocycles. The average molecular weight is 423 g/mol. The molecule has 5 rings (SSSR count). The van der Waals surface area contributed by atoms with Crippen LogP contribution in [-0.4, -0.2) is 41.7 Å². The molecular weight excluding hydrogens is 404 g/mol. The molecule has 9 heteroatoms. The van der Waals surface area contributed by atoms with E-state index >= 15 is 0 Å². The average Bonchev–Trinajstić information content (AvgIpc) is 3.40. The Balaban J connectivity index is 1.51. The fourth-order valence-electron chi connectivity index (χ4n) is 3.80. The number of aryl methyl sites for hydroxylation is 1. The molecule has 0 saturated carbocycles. The highest BCUT2D eigenvalue weighted by Crippen LogP contribution is 2.27. The molecule has 1 aliphatic heterocycles. The Hall–Kier alpha value is -3.39. The number of benzene rings is 1. The number of carbonyl (C=O) groups is 1. The third-order valence-corrected chi connectivity index (χ3v) is 5.73. The predicted molar refractivity (Wildman–Crippen MR) is 113 cm³/mol. The molecule has 1 aromatic carbocycles. The number of carbonyl (C=O) groups excluding carboxylic acids is 1. The number of hydrogen-bond acceptors (Lipinski definition) is 4. The van der Waals surface area contributed by atoms with Crippen LogP contribution in [0.4, 0.5) is 0 Å². The van der Waals surface area contributed by atoms with Gasteiger partial charge in [-0.3, -0.25) is 19.4 Å². The molecule has 8 nitrogen and oxygen atoms in total. The summed E-state index contributed by atoms with van der Waals surface area (Å²) < 4.78 is 3.16. The van der Waals surface area contributed by atoms with Crippen molar-refractivity contribution in [3.63, 3.8) is 0 Å². The second-order valence-electron chi connectivity index (χ2n) is 7.22. The Morgan fingerprint density at radius 2 is 2.10 bits per heavy atom. The lowest BCUT2D eigenvalue weighted by atomic mass is 10.1. The van der Waals surface area contributed by atoms with E-state index in [1.54, 1.807) is 34.0 Å². The Labute approximate surface area is 176 Å². The summed E-state index contributed by atoms with van der Waals surface area (Å²) in [5.41, 5.74) is 3.52. The quantitative estimate of drug-likeness (QED) is 0.550. The number of rotatable bonds is 3. The molecule has 0 saturated heterocycles. The molecule has 1 aliphatic rings. The molecular formula is C21H19ClN6O2. The van der Waals surface area contributed by atoms with E-state index in [0.717, 1.165) is 5.56 Å². The minimum absolute atomic E-state index is 0.143. The Kier molecular flexibility index (Phi) is 4.43. The second kappa shape index (κ2) is 7.14. The van der Waals surface area contributed by atoms with Crippen molar-refractivity contribution in [1.82, 2.24) is 29.3 Å². The van der Waals surface area contributed by atoms with Gasteiger partial charge in [-0.15, -0.1) is 0 Å². The zero-order valence-corrected chi connectivity index (χ0v) is 17.1. The summed E-state index contributed by atoms with van der Waals surface area (Å²) in [6.45, 7) is 3.40. The fourth-order valence-corrected chi connectivity index (χ4v) is 4.04. The minimum atomic E-state index is -0.152. The van der Waals surface area contributed by atoms with E-state index in [1.807, 2.05) is 25.1 Å². The molecule has 30 heavy (non-hydrogen) atoms. The first kappa shape index (κ1) is 18.6. The number of halogens is 1. The van der Waals surface area contributed by atoms with Gasteiger partial charge in [0, 0.05) is 41.5 Å². The number of amides is 1. The topological polar surface area (TPSA) is 88.3 Å². The van der Waals surface area contributed by atoms with Crippen LogP contribution in [0.3, 0.4) is 0 Å². The number of H-pyrrole nitrogens is 1. The van der Waals surface area contributed by atoms with E-state index in [-0.39, 0.29) is 18.0 Å². The van der Waals surface area contributed by atoms with Crippen LogP contribution in [0.1, 0.15) is 28.7 Å². The summed E-state index contributed by atoms with van der Waals surface area (Å²) in [7, 11) is 0. The highest BCUT2D eigenvalue weighted by Gasteiger charge is 2.27. The molecule has 0 atom stereocenters. The number of aromatic amines is 1. The van der Waals surface area contributed by atoms with Crippen LogP contribution in [0.15, 0.2) is 47.4 Å². The first-order valence-corrected chi connectivity index (χ1v) is 10.1. The normalized spacial score (nSPS) is 13.6. The number of aromatic nitrogens is 5. The summed E-state index contributed by atoms with van der Waals surface area (Å²) >= 11 is 6.30. The van der Waals surface area contributed by atoms with Gasteiger partial charge in [-0.2, -0.15) is 5.10 Å². The maximum atomic E-state index is 13.0. The maximum absolute atomic E-state index is 13.0. The van der Waals surface area contributed by atoms with Gasteiger partial charge in [-0.1, -0.05) is 29.8 Å². The van der Waals surface area contributed by atoms with Crippen LogP contribution in [0.25, 0.3) is 16.9 Å². The van der Waals surface area contributed by atoms with Crippen molar-refractivity contribution in [2.75, 3.05) is 6.54 Å². The van der Waals surface area contributed by atoms with Gasteiger partial charge in [0.15, 0.2) is 5.65 Å².